The van der Waals surface area contributed by atoms with E-state index in [1.165, 1.54) is 30.3 Å². The van der Waals surface area contributed by atoms with Crippen LogP contribution in [-0.2, 0) is 16.1 Å². The Hall–Kier alpha value is -2.11. The lowest BCUT2D eigenvalue weighted by Gasteiger charge is -2.07. The average Bonchev–Trinajstić information content (AvgIpc) is 2.51. The van der Waals surface area contributed by atoms with E-state index in [1.54, 1.807) is 12.1 Å². The number of amides is 1. The lowest BCUT2D eigenvalue weighted by atomic mass is 10.2. The maximum atomic E-state index is 12.7. The maximum absolute atomic E-state index is 12.7. The summed E-state index contributed by atoms with van der Waals surface area (Å²) < 4.78 is 17.6. The van der Waals surface area contributed by atoms with Crippen LogP contribution in [0.4, 0.5) is 4.39 Å². The number of hydrogen-bond acceptors (Lipinski definition) is 3. The number of halogens is 3. The van der Waals surface area contributed by atoms with Crippen LogP contribution in [0.15, 0.2) is 42.5 Å². The zero-order valence-corrected chi connectivity index (χ0v) is 13.3. The van der Waals surface area contributed by atoms with Gasteiger partial charge in [0.25, 0.3) is 5.91 Å². The van der Waals surface area contributed by atoms with Crippen molar-refractivity contribution in [1.29, 1.82) is 0 Å². The van der Waals surface area contributed by atoms with Crippen LogP contribution in [0, 0.1) is 5.82 Å². The van der Waals surface area contributed by atoms with E-state index in [1.807, 2.05) is 0 Å². The second-order valence-electron chi connectivity index (χ2n) is 4.64. The van der Waals surface area contributed by atoms with E-state index in [4.69, 9.17) is 27.9 Å². The predicted molar refractivity (Wildman–Crippen MR) is 85.0 cm³/mol. The van der Waals surface area contributed by atoms with Crippen molar-refractivity contribution in [2.75, 3.05) is 6.61 Å². The first kappa shape index (κ1) is 17.2. The molecule has 7 heteroatoms. The third kappa shape index (κ3) is 5.54. The minimum Gasteiger partial charge on any atom is -0.452 e. The number of rotatable bonds is 5. The van der Waals surface area contributed by atoms with E-state index >= 15 is 0 Å². The Balaban J connectivity index is 1.81. The monoisotopic (exact) mass is 355 g/mol. The van der Waals surface area contributed by atoms with Crippen molar-refractivity contribution in [1.82, 2.24) is 5.32 Å². The highest BCUT2D eigenvalue weighted by atomic mass is 35.5. The Labute approximate surface area is 142 Å². The molecule has 1 amide bonds. The number of esters is 1. The van der Waals surface area contributed by atoms with Gasteiger partial charge in [-0.1, -0.05) is 35.3 Å². The molecule has 0 fully saturated rings. The SMILES string of the molecule is O=C(COC(=O)c1cc(Cl)cc(Cl)c1)NCc1ccc(F)cc1. The fraction of sp³-hybridized carbons (Fsp3) is 0.125. The van der Waals surface area contributed by atoms with Crippen molar-refractivity contribution in [3.05, 3.63) is 69.5 Å². The normalized spacial score (nSPS) is 10.2. The van der Waals surface area contributed by atoms with Gasteiger partial charge in [-0.15, -0.1) is 0 Å². The molecule has 0 radical (unpaired) electrons. The highest BCUT2D eigenvalue weighted by Gasteiger charge is 2.11. The van der Waals surface area contributed by atoms with Crippen molar-refractivity contribution >= 4 is 35.1 Å². The molecule has 0 aliphatic rings. The van der Waals surface area contributed by atoms with Crippen molar-refractivity contribution in [3.63, 3.8) is 0 Å². The summed E-state index contributed by atoms with van der Waals surface area (Å²) in [6.45, 7) is -0.232. The van der Waals surface area contributed by atoms with Gasteiger partial charge in [0, 0.05) is 16.6 Å². The molecule has 120 valence electrons. The molecular weight excluding hydrogens is 344 g/mol. The van der Waals surface area contributed by atoms with E-state index in [9.17, 15) is 14.0 Å². The van der Waals surface area contributed by atoms with Crippen LogP contribution in [0.3, 0.4) is 0 Å². The topological polar surface area (TPSA) is 55.4 Å². The van der Waals surface area contributed by atoms with Gasteiger partial charge >= 0.3 is 5.97 Å². The molecule has 0 saturated heterocycles. The smallest absolute Gasteiger partial charge is 0.338 e. The Kier molecular flexibility index (Phi) is 5.96. The Morgan fingerprint density at radius 2 is 1.65 bits per heavy atom. The third-order valence-corrected chi connectivity index (χ3v) is 3.27. The molecule has 0 atom stereocenters. The molecule has 0 heterocycles. The average molecular weight is 356 g/mol. The molecule has 0 unspecified atom stereocenters. The highest BCUT2D eigenvalue weighted by molar-refractivity contribution is 6.35. The second-order valence-corrected chi connectivity index (χ2v) is 5.51. The van der Waals surface area contributed by atoms with Crippen LogP contribution < -0.4 is 5.32 Å². The number of nitrogens with one attached hydrogen (secondary N) is 1. The number of benzene rings is 2. The van der Waals surface area contributed by atoms with Crippen LogP contribution in [0.1, 0.15) is 15.9 Å². The first-order valence-corrected chi connectivity index (χ1v) is 7.34. The van der Waals surface area contributed by atoms with Gasteiger partial charge in [-0.05, 0) is 35.9 Å². The molecular formula is C16H12Cl2FNO3. The molecule has 2 aromatic carbocycles. The molecule has 0 aliphatic heterocycles. The molecule has 0 bridgehead atoms. The van der Waals surface area contributed by atoms with Crippen molar-refractivity contribution in [2.45, 2.75) is 6.54 Å². The van der Waals surface area contributed by atoms with Crippen molar-refractivity contribution in [2.24, 2.45) is 0 Å². The summed E-state index contributed by atoms with van der Waals surface area (Å²) in [6.07, 6.45) is 0. The van der Waals surface area contributed by atoms with Crippen LogP contribution in [0.2, 0.25) is 10.0 Å². The maximum Gasteiger partial charge on any atom is 0.338 e. The standard InChI is InChI=1S/C16H12Cl2FNO3/c17-12-5-11(6-13(18)7-12)16(22)23-9-15(21)20-8-10-1-3-14(19)4-2-10/h1-7H,8-9H2,(H,20,21). The number of carbonyl (C=O) groups excluding carboxylic acids is 2. The summed E-state index contributed by atoms with van der Waals surface area (Å²) in [4.78, 5) is 23.4. The minimum absolute atomic E-state index is 0.161. The van der Waals surface area contributed by atoms with Gasteiger partial charge in [-0.2, -0.15) is 0 Å². The van der Waals surface area contributed by atoms with E-state index in [0.29, 0.717) is 10.0 Å². The predicted octanol–water partition coefficient (Wildman–Crippen LogP) is 3.61. The fourth-order valence-electron chi connectivity index (χ4n) is 1.74. The summed E-state index contributed by atoms with van der Waals surface area (Å²) in [6, 6.07) is 9.97. The quantitative estimate of drug-likeness (QED) is 0.833. The fourth-order valence-corrected chi connectivity index (χ4v) is 2.27. The summed E-state index contributed by atoms with van der Waals surface area (Å²) in [5.74, 6) is -1.53. The van der Waals surface area contributed by atoms with Gasteiger partial charge in [0.15, 0.2) is 6.61 Å². The Morgan fingerprint density at radius 1 is 1.04 bits per heavy atom. The molecule has 0 saturated carbocycles. The number of hydrogen-bond donors (Lipinski definition) is 1. The van der Waals surface area contributed by atoms with E-state index in [2.05, 4.69) is 5.32 Å². The molecule has 4 nitrogen and oxygen atoms in total. The zero-order chi connectivity index (χ0) is 16.8. The van der Waals surface area contributed by atoms with Gasteiger partial charge in [-0.25, -0.2) is 9.18 Å². The first-order valence-electron chi connectivity index (χ1n) is 6.58. The number of carbonyl (C=O) groups is 2. The molecule has 0 spiro atoms. The van der Waals surface area contributed by atoms with Crippen molar-refractivity contribution < 1.29 is 18.7 Å². The highest BCUT2D eigenvalue weighted by Crippen LogP contribution is 2.19. The summed E-state index contributed by atoms with van der Waals surface area (Å²) in [7, 11) is 0. The lowest BCUT2D eigenvalue weighted by Crippen LogP contribution is -2.28. The van der Waals surface area contributed by atoms with Crippen molar-refractivity contribution in [3.8, 4) is 0 Å². The molecule has 1 N–H and O–H groups in total. The lowest BCUT2D eigenvalue weighted by molar-refractivity contribution is -0.124. The minimum atomic E-state index is -0.702. The van der Waals surface area contributed by atoms with Gasteiger partial charge < -0.3 is 10.1 Å². The summed E-state index contributed by atoms with van der Waals surface area (Å²) in [5, 5.41) is 3.15. The van der Waals surface area contributed by atoms with Crippen LogP contribution in [-0.4, -0.2) is 18.5 Å². The van der Waals surface area contributed by atoms with E-state index in [-0.39, 0.29) is 17.9 Å². The Bertz CT molecular complexity index is 700. The first-order chi connectivity index (χ1) is 10.9. The zero-order valence-electron chi connectivity index (χ0n) is 11.8. The summed E-state index contributed by atoms with van der Waals surface area (Å²) in [5.41, 5.74) is 0.890. The molecule has 0 aliphatic carbocycles. The summed E-state index contributed by atoms with van der Waals surface area (Å²) >= 11 is 11.6. The van der Waals surface area contributed by atoms with Gasteiger partial charge in [-0.3, -0.25) is 4.79 Å². The number of ether oxygens (including phenoxy) is 1. The largest absolute Gasteiger partial charge is 0.452 e. The van der Waals surface area contributed by atoms with Crippen LogP contribution in [0.25, 0.3) is 0 Å². The van der Waals surface area contributed by atoms with E-state index in [0.717, 1.165) is 5.56 Å². The third-order valence-electron chi connectivity index (χ3n) is 2.84. The molecule has 0 aromatic heterocycles. The molecule has 23 heavy (non-hydrogen) atoms. The van der Waals surface area contributed by atoms with Gasteiger partial charge in [0.05, 0.1) is 5.56 Å². The van der Waals surface area contributed by atoms with Crippen LogP contribution >= 0.6 is 23.2 Å². The van der Waals surface area contributed by atoms with Gasteiger partial charge in [0.2, 0.25) is 0 Å². The van der Waals surface area contributed by atoms with E-state index < -0.39 is 18.5 Å². The Morgan fingerprint density at radius 3 is 2.26 bits per heavy atom. The van der Waals surface area contributed by atoms with Gasteiger partial charge in [0.1, 0.15) is 5.82 Å². The molecule has 2 aromatic rings. The molecule has 2 rings (SSSR count). The second kappa shape index (κ2) is 7.94. The van der Waals surface area contributed by atoms with Crippen LogP contribution in [0.5, 0.6) is 0 Å².